The number of hydrogen-bond acceptors (Lipinski definition) is 7. The van der Waals surface area contributed by atoms with E-state index < -0.39 is 35.9 Å². The molecule has 38 heavy (non-hydrogen) atoms. The lowest BCUT2D eigenvalue weighted by molar-refractivity contribution is -0.212. The first-order chi connectivity index (χ1) is 18.0. The van der Waals surface area contributed by atoms with E-state index in [0.29, 0.717) is 24.0 Å². The number of aromatic nitrogens is 8. The first-order valence-corrected chi connectivity index (χ1v) is 10.8. The van der Waals surface area contributed by atoms with Gasteiger partial charge in [-0.25, -0.2) is 9.50 Å². The number of pyridine rings is 1. The Morgan fingerprint density at radius 2 is 1.97 bits per heavy atom. The summed E-state index contributed by atoms with van der Waals surface area (Å²) in [4.78, 5) is 21.9. The second kappa shape index (κ2) is 8.15. The van der Waals surface area contributed by atoms with Crippen molar-refractivity contribution in [2.45, 2.75) is 24.9 Å². The number of nitrogens with one attached hydrogen (secondary N) is 1. The molecule has 5 aromatic rings. The Morgan fingerprint density at radius 1 is 1.16 bits per heavy atom. The van der Waals surface area contributed by atoms with Crippen molar-refractivity contribution in [3.63, 3.8) is 0 Å². The predicted molar refractivity (Wildman–Crippen MR) is 112 cm³/mol. The van der Waals surface area contributed by atoms with Gasteiger partial charge >= 0.3 is 24.3 Å². The minimum Gasteiger partial charge on any atom is -0.412 e. The van der Waals surface area contributed by atoms with Crippen LogP contribution in [-0.2, 0) is 18.9 Å². The molecule has 0 fully saturated rings. The molecule has 0 bridgehead atoms. The molecule has 1 aliphatic rings. The molecular formula is C21H13F6N9O2. The maximum absolute atomic E-state index is 13.6. The number of amides is 1. The summed E-state index contributed by atoms with van der Waals surface area (Å²) < 4.78 is 85.4. The zero-order valence-corrected chi connectivity index (χ0v) is 18.7. The van der Waals surface area contributed by atoms with Crippen molar-refractivity contribution in [2.24, 2.45) is 0 Å². The van der Waals surface area contributed by atoms with E-state index in [1.807, 2.05) is 0 Å². The maximum atomic E-state index is 13.6. The summed E-state index contributed by atoms with van der Waals surface area (Å²) in [6, 6.07) is 2.34. The molecule has 196 valence electrons. The van der Waals surface area contributed by atoms with Crippen LogP contribution in [0.3, 0.4) is 0 Å². The first-order valence-electron chi connectivity index (χ1n) is 10.8. The molecule has 1 unspecified atom stereocenters. The van der Waals surface area contributed by atoms with Crippen LogP contribution in [-0.4, -0.2) is 56.9 Å². The van der Waals surface area contributed by atoms with Crippen LogP contribution < -0.4 is 0 Å². The van der Waals surface area contributed by atoms with Crippen LogP contribution in [0.2, 0.25) is 0 Å². The fraction of sp³-hybridized carbons (Fsp3) is 0.238. The van der Waals surface area contributed by atoms with Crippen LogP contribution in [0.1, 0.15) is 39.4 Å². The molecule has 6 heterocycles. The Balaban J connectivity index is 1.38. The smallest absolute Gasteiger partial charge is 0.412 e. The van der Waals surface area contributed by atoms with E-state index >= 15 is 0 Å². The van der Waals surface area contributed by atoms with E-state index in [2.05, 4.69) is 30.4 Å². The van der Waals surface area contributed by atoms with Gasteiger partial charge in [-0.2, -0.15) is 28.1 Å². The molecule has 1 atom stereocenters. The second-order valence-corrected chi connectivity index (χ2v) is 8.29. The molecule has 0 aliphatic carbocycles. The number of imidazole rings is 1. The van der Waals surface area contributed by atoms with Crippen LogP contribution in [0.25, 0.3) is 17.0 Å². The summed E-state index contributed by atoms with van der Waals surface area (Å²) in [6.07, 6.45) is -4.86. The van der Waals surface area contributed by atoms with E-state index in [1.165, 1.54) is 29.6 Å². The van der Waals surface area contributed by atoms with Gasteiger partial charge in [0.1, 0.15) is 6.04 Å². The van der Waals surface area contributed by atoms with Gasteiger partial charge in [-0.05, 0) is 18.2 Å². The second-order valence-electron chi connectivity index (χ2n) is 8.29. The third-order valence-corrected chi connectivity index (χ3v) is 5.99. The van der Waals surface area contributed by atoms with E-state index in [9.17, 15) is 31.1 Å². The largest absolute Gasteiger partial charge is 0.504 e. The maximum Gasteiger partial charge on any atom is 0.504 e. The number of H-pyrrole nitrogens is 1. The van der Waals surface area contributed by atoms with Crippen LogP contribution in [0.15, 0.2) is 47.5 Å². The molecule has 11 nitrogen and oxygen atoms in total. The van der Waals surface area contributed by atoms with Crippen molar-refractivity contribution >= 4 is 11.4 Å². The number of fused-ring (bicyclic) bond motifs is 2. The molecule has 1 amide bonds. The standard InChI is InChI=1S/C21H13F6N9O2/c22-20(23,24)11-2-1-4-35-14(11)6-13(33-35)16-15-12(28-9-29-15)3-5-34(16)19(37)18-32-31-17(38-18)10-7-30-36(8-10)21(25,26)27/h1-2,4,6-9,16H,3,5H2,(H,28,29). The number of halogens is 6. The van der Waals surface area contributed by atoms with Crippen LogP contribution >= 0.6 is 0 Å². The Bertz CT molecular complexity index is 1660. The van der Waals surface area contributed by atoms with Crippen LogP contribution in [0.5, 0.6) is 0 Å². The third-order valence-electron chi connectivity index (χ3n) is 5.99. The molecule has 1 aliphatic heterocycles. The lowest BCUT2D eigenvalue weighted by Crippen LogP contribution is -2.41. The summed E-state index contributed by atoms with van der Waals surface area (Å²) in [5.41, 5.74) is -0.152. The van der Waals surface area contributed by atoms with Crippen LogP contribution in [0.4, 0.5) is 26.3 Å². The van der Waals surface area contributed by atoms with E-state index in [1.54, 1.807) is 0 Å². The average molecular weight is 537 g/mol. The highest BCUT2D eigenvalue weighted by Crippen LogP contribution is 2.37. The number of alkyl halides is 6. The summed E-state index contributed by atoms with van der Waals surface area (Å²) in [5.74, 6) is -1.72. The Kier molecular flexibility index (Phi) is 5.08. The molecule has 5 aromatic heterocycles. The van der Waals surface area contributed by atoms with Crippen LogP contribution in [0, 0.1) is 0 Å². The highest BCUT2D eigenvalue weighted by Gasteiger charge is 2.40. The minimum absolute atomic E-state index is 0.0857. The molecule has 0 aromatic carbocycles. The Labute approximate surface area is 206 Å². The molecule has 0 radical (unpaired) electrons. The van der Waals surface area contributed by atoms with E-state index in [0.717, 1.165) is 16.8 Å². The average Bonchev–Trinajstić information content (AvgIpc) is 3.65. The van der Waals surface area contributed by atoms with Gasteiger partial charge in [0, 0.05) is 31.1 Å². The van der Waals surface area contributed by atoms with Crippen molar-refractivity contribution in [2.75, 3.05) is 6.54 Å². The molecular weight excluding hydrogens is 524 g/mol. The van der Waals surface area contributed by atoms with Crippen molar-refractivity contribution < 1.29 is 35.6 Å². The quantitative estimate of drug-likeness (QED) is 0.349. The number of nitrogens with zero attached hydrogens (tertiary/aromatic N) is 8. The number of carbonyl (C=O) groups excluding carboxylic acids is 1. The highest BCUT2D eigenvalue weighted by molar-refractivity contribution is 5.90. The lowest BCUT2D eigenvalue weighted by Gasteiger charge is -2.32. The van der Waals surface area contributed by atoms with Gasteiger partial charge < -0.3 is 14.3 Å². The number of hydrogen-bond donors (Lipinski definition) is 1. The third kappa shape index (κ3) is 3.86. The molecule has 1 N–H and O–H groups in total. The summed E-state index contributed by atoms with van der Waals surface area (Å²) >= 11 is 0. The van der Waals surface area contributed by atoms with E-state index in [-0.39, 0.29) is 33.9 Å². The monoisotopic (exact) mass is 537 g/mol. The van der Waals surface area contributed by atoms with Gasteiger partial charge in [0.05, 0.1) is 40.6 Å². The van der Waals surface area contributed by atoms with Gasteiger partial charge in [0.15, 0.2) is 0 Å². The lowest BCUT2D eigenvalue weighted by atomic mass is 9.99. The number of aromatic amines is 1. The van der Waals surface area contributed by atoms with Gasteiger partial charge in [-0.15, -0.1) is 23.4 Å². The number of carbonyl (C=O) groups is 1. The van der Waals surface area contributed by atoms with Crippen molar-refractivity contribution in [3.05, 3.63) is 71.7 Å². The zero-order valence-electron chi connectivity index (χ0n) is 18.7. The molecule has 17 heteroatoms. The fourth-order valence-electron chi connectivity index (χ4n) is 4.32. The highest BCUT2D eigenvalue weighted by atomic mass is 19.4. The fourth-order valence-corrected chi connectivity index (χ4v) is 4.32. The predicted octanol–water partition coefficient (Wildman–Crippen LogP) is 3.59. The van der Waals surface area contributed by atoms with Crippen molar-refractivity contribution in [1.29, 1.82) is 0 Å². The Hall–Kier alpha value is -4.70. The first kappa shape index (κ1) is 23.7. The van der Waals surface area contributed by atoms with Crippen molar-refractivity contribution in [1.82, 2.24) is 44.5 Å². The van der Waals surface area contributed by atoms with Crippen molar-refractivity contribution in [3.8, 4) is 11.5 Å². The summed E-state index contributed by atoms with van der Waals surface area (Å²) in [7, 11) is 0. The normalized spacial score (nSPS) is 16.3. The molecule has 0 spiro atoms. The minimum atomic E-state index is -4.76. The summed E-state index contributed by atoms with van der Waals surface area (Å²) in [6.45, 7) is 0.0857. The molecule has 6 rings (SSSR count). The topological polar surface area (TPSA) is 123 Å². The molecule has 0 saturated carbocycles. The SMILES string of the molecule is O=C(c1nnc(-c2cnn(C(F)(F)F)c2)o1)N1CCc2[nH]cnc2C1c1cc2c(C(F)(F)F)cccn2n1. The molecule has 0 saturated heterocycles. The van der Waals surface area contributed by atoms with Gasteiger partial charge in [0.25, 0.3) is 5.89 Å². The summed E-state index contributed by atoms with van der Waals surface area (Å²) in [5, 5.41) is 14.8. The van der Waals surface area contributed by atoms with Gasteiger partial charge in [-0.1, -0.05) is 0 Å². The van der Waals surface area contributed by atoms with E-state index in [4.69, 9.17) is 4.42 Å². The van der Waals surface area contributed by atoms with Gasteiger partial charge in [-0.3, -0.25) is 4.79 Å². The number of rotatable bonds is 3. The Morgan fingerprint density at radius 3 is 2.71 bits per heavy atom. The zero-order chi connectivity index (χ0) is 26.8. The van der Waals surface area contributed by atoms with Gasteiger partial charge in [0.2, 0.25) is 0 Å².